The van der Waals surface area contributed by atoms with E-state index in [1.54, 1.807) is 16.5 Å². The number of benzene rings is 1. The number of hydrogen-bond acceptors (Lipinski definition) is 7. The zero-order valence-electron chi connectivity index (χ0n) is 29.4. The highest BCUT2D eigenvalue weighted by Crippen LogP contribution is 2.62. The number of hydrogen-bond donors (Lipinski definition) is 1. The Labute approximate surface area is 295 Å². The second kappa shape index (κ2) is 13.8. The minimum Gasteiger partial charge on any atom is -0.382 e. The number of nitrogens with zero attached hydrogens (tertiary/aromatic N) is 4. The monoisotopic (exact) mass is 705 g/mol. The van der Waals surface area contributed by atoms with Crippen LogP contribution in [-0.4, -0.2) is 61.0 Å². The molecule has 3 fully saturated rings. The predicted octanol–water partition coefficient (Wildman–Crippen LogP) is 7.34. The van der Waals surface area contributed by atoms with Gasteiger partial charge in [0, 0.05) is 42.9 Å². The molecular formula is C39H46F3N5O4. The summed E-state index contributed by atoms with van der Waals surface area (Å²) < 4.78 is 42.2. The molecule has 51 heavy (non-hydrogen) atoms. The van der Waals surface area contributed by atoms with Crippen LogP contribution in [0.1, 0.15) is 123 Å². The number of anilines is 1. The van der Waals surface area contributed by atoms with E-state index in [2.05, 4.69) is 16.4 Å². The molecule has 2 aromatic heterocycles. The number of pyridine rings is 1. The number of aryl methyl sites for hydroxylation is 2. The maximum Gasteiger partial charge on any atom is 0.433 e. The fourth-order valence-electron chi connectivity index (χ4n) is 8.89. The van der Waals surface area contributed by atoms with Crippen molar-refractivity contribution in [1.29, 1.82) is 0 Å². The lowest BCUT2D eigenvalue weighted by Crippen LogP contribution is -2.45. The van der Waals surface area contributed by atoms with Gasteiger partial charge in [-0.1, -0.05) is 31.7 Å². The molecule has 0 unspecified atom stereocenters. The van der Waals surface area contributed by atoms with E-state index in [9.17, 15) is 32.3 Å². The number of piperidine rings is 1. The molecule has 0 spiro atoms. The van der Waals surface area contributed by atoms with E-state index in [4.69, 9.17) is 5.10 Å². The van der Waals surface area contributed by atoms with Gasteiger partial charge in [-0.3, -0.25) is 23.9 Å². The van der Waals surface area contributed by atoms with E-state index < -0.39 is 23.3 Å². The number of rotatable bonds is 6. The minimum absolute atomic E-state index is 0.0392. The van der Waals surface area contributed by atoms with Crippen LogP contribution in [0.25, 0.3) is 10.9 Å². The van der Waals surface area contributed by atoms with Gasteiger partial charge in [0.05, 0.1) is 23.7 Å². The Hall–Kier alpha value is -4.09. The van der Waals surface area contributed by atoms with Crippen molar-refractivity contribution in [2.24, 2.45) is 5.41 Å². The highest BCUT2D eigenvalue weighted by atomic mass is 19.4. The summed E-state index contributed by atoms with van der Waals surface area (Å²) in [5, 5.41) is 9.08. The van der Waals surface area contributed by atoms with E-state index in [0.29, 0.717) is 61.2 Å². The first-order valence-corrected chi connectivity index (χ1v) is 18.5. The van der Waals surface area contributed by atoms with Crippen LogP contribution < -0.4 is 5.32 Å². The lowest BCUT2D eigenvalue weighted by atomic mass is 9.89. The Balaban J connectivity index is 1.25. The maximum absolute atomic E-state index is 14.4. The number of carbonyl (C=O) groups excluding carboxylic acids is 4. The summed E-state index contributed by atoms with van der Waals surface area (Å²) in [7, 11) is 0. The van der Waals surface area contributed by atoms with E-state index in [0.717, 1.165) is 61.4 Å². The number of amides is 1. The first kappa shape index (κ1) is 35.3. The van der Waals surface area contributed by atoms with Crippen LogP contribution >= 0.6 is 0 Å². The normalized spacial score (nSPS) is 24.8. The van der Waals surface area contributed by atoms with Gasteiger partial charge in [0.2, 0.25) is 5.91 Å². The first-order valence-electron chi connectivity index (χ1n) is 18.5. The van der Waals surface area contributed by atoms with Crippen LogP contribution in [0.4, 0.5) is 18.9 Å². The molecule has 272 valence electrons. The van der Waals surface area contributed by atoms with Gasteiger partial charge in [-0.15, -0.1) is 0 Å². The van der Waals surface area contributed by atoms with Crippen molar-refractivity contribution in [2.45, 2.75) is 141 Å². The summed E-state index contributed by atoms with van der Waals surface area (Å²) in [4.78, 5) is 59.8. The van der Waals surface area contributed by atoms with Gasteiger partial charge in [-0.2, -0.15) is 18.3 Å². The second-order valence-electron chi connectivity index (χ2n) is 15.4. The van der Waals surface area contributed by atoms with Gasteiger partial charge in [0.1, 0.15) is 23.7 Å². The average molecular weight is 706 g/mol. The molecule has 3 atom stereocenters. The molecule has 1 amide bonds. The van der Waals surface area contributed by atoms with Crippen molar-refractivity contribution in [1.82, 2.24) is 19.7 Å². The number of nitrogens with one attached hydrogen (secondary N) is 1. The van der Waals surface area contributed by atoms with Crippen molar-refractivity contribution in [2.75, 3.05) is 5.32 Å². The van der Waals surface area contributed by atoms with Crippen LogP contribution in [0, 0.1) is 12.3 Å². The van der Waals surface area contributed by atoms with Crippen molar-refractivity contribution in [3.05, 3.63) is 52.5 Å². The van der Waals surface area contributed by atoms with Crippen LogP contribution in [0.2, 0.25) is 0 Å². The Morgan fingerprint density at radius 1 is 0.980 bits per heavy atom. The van der Waals surface area contributed by atoms with E-state index in [-0.39, 0.29) is 48.0 Å². The third kappa shape index (κ3) is 7.20. The number of halogens is 3. The molecule has 0 radical (unpaired) electrons. The zero-order chi connectivity index (χ0) is 36.1. The first-order chi connectivity index (χ1) is 24.3. The summed E-state index contributed by atoms with van der Waals surface area (Å²) in [6.45, 7) is 2.90. The van der Waals surface area contributed by atoms with Gasteiger partial charge in [0.25, 0.3) is 0 Å². The smallest absolute Gasteiger partial charge is 0.382 e. The molecule has 2 saturated carbocycles. The molecule has 9 nitrogen and oxygen atoms in total. The van der Waals surface area contributed by atoms with E-state index >= 15 is 0 Å². The number of Topliss-reactive ketones (excluding diaryl/α,β-unsaturated/α-hetero) is 3. The Kier molecular flexibility index (Phi) is 9.56. The minimum atomic E-state index is -4.66. The Bertz CT molecular complexity index is 1880. The molecule has 7 rings (SSSR count). The summed E-state index contributed by atoms with van der Waals surface area (Å²) in [6, 6.07) is 5.54. The predicted molar refractivity (Wildman–Crippen MR) is 185 cm³/mol. The standard InChI is InChI=1S/C39H46F3N5O4/c1-23-13-14-33(39(40,41)42)44-30(23)19-32(50)31-20-38-16-15-28(49)12-6-4-3-5-9-25-17-27(43-26-10-7-8-11-26)18-29-36(24(2)48)45-46(37(25)29)22-35(51)47(31)34(38)21-38/h13-14,17-18,26,31,34,43H,3-12,15-16,19-22H2,1-2H3/t31-,34+,38-/m0/s1. The average Bonchev–Trinajstić information content (AvgIpc) is 3.39. The number of ketones is 3. The molecule has 1 N–H and O–H groups in total. The third-order valence-corrected chi connectivity index (χ3v) is 11.7. The largest absolute Gasteiger partial charge is 0.433 e. The van der Waals surface area contributed by atoms with Gasteiger partial charge in [-0.25, -0.2) is 4.98 Å². The molecule has 4 heterocycles. The van der Waals surface area contributed by atoms with Crippen molar-refractivity contribution >= 4 is 39.8 Å². The molecule has 2 aliphatic heterocycles. The molecule has 1 aromatic carbocycles. The Morgan fingerprint density at radius 3 is 2.45 bits per heavy atom. The van der Waals surface area contributed by atoms with Crippen LogP contribution in [-0.2, 0) is 39.9 Å². The number of aromatic nitrogens is 3. The molecule has 3 aromatic rings. The summed E-state index contributed by atoms with van der Waals surface area (Å²) in [5.41, 5.74) is 2.00. The van der Waals surface area contributed by atoms with Gasteiger partial charge >= 0.3 is 6.18 Å². The highest BCUT2D eigenvalue weighted by molar-refractivity contribution is 6.07. The fourth-order valence-corrected chi connectivity index (χ4v) is 8.89. The molecule has 12 heteroatoms. The topological polar surface area (TPSA) is 114 Å². The zero-order valence-corrected chi connectivity index (χ0v) is 29.4. The van der Waals surface area contributed by atoms with Crippen LogP contribution in [0.3, 0.4) is 0 Å². The lowest BCUT2D eigenvalue weighted by molar-refractivity contribution is -0.141. The Morgan fingerprint density at radius 2 is 1.73 bits per heavy atom. The molecule has 2 bridgehead atoms. The third-order valence-electron chi connectivity index (χ3n) is 11.7. The molecule has 1 saturated heterocycles. The van der Waals surface area contributed by atoms with Gasteiger partial charge < -0.3 is 10.2 Å². The van der Waals surface area contributed by atoms with Gasteiger partial charge in [0.15, 0.2) is 11.6 Å². The second-order valence-corrected chi connectivity index (χ2v) is 15.4. The summed E-state index contributed by atoms with van der Waals surface area (Å²) >= 11 is 0. The van der Waals surface area contributed by atoms with Crippen LogP contribution in [0.5, 0.6) is 0 Å². The molecule has 2 aliphatic carbocycles. The lowest BCUT2D eigenvalue weighted by Gasteiger charge is -2.27. The SMILES string of the molecule is CC(=O)c1nn2c3c(cc(NC4CCCC4)cc13)CCCCCCC(=O)CC[C@@]13C[C@@H](C(=O)Cc4nc(C(F)(F)F)ccc4C)N(C(=O)C2)[C@@H]1C3. The highest BCUT2D eigenvalue weighted by Gasteiger charge is 2.66. The number of carbonyl (C=O) groups is 4. The van der Waals surface area contributed by atoms with Gasteiger partial charge in [-0.05, 0) is 93.0 Å². The van der Waals surface area contributed by atoms with E-state index in [1.165, 1.54) is 25.8 Å². The van der Waals surface area contributed by atoms with E-state index in [1.807, 2.05) is 6.07 Å². The van der Waals surface area contributed by atoms with Crippen molar-refractivity contribution in [3.8, 4) is 0 Å². The molecular weight excluding hydrogens is 659 g/mol. The van der Waals surface area contributed by atoms with Crippen molar-refractivity contribution < 1.29 is 32.3 Å². The van der Waals surface area contributed by atoms with Crippen molar-refractivity contribution in [3.63, 3.8) is 0 Å². The summed E-state index contributed by atoms with van der Waals surface area (Å²) in [5.74, 6) is -0.731. The van der Waals surface area contributed by atoms with Crippen LogP contribution in [0.15, 0.2) is 24.3 Å². The molecule has 4 aliphatic rings. The summed E-state index contributed by atoms with van der Waals surface area (Å²) in [6.07, 6.45) is 6.22. The number of alkyl halides is 3. The maximum atomic E-state index is 14.4. The quantitative estimate of drug-likeness (QED) is 0.267. The fraction of sp³-hybridized carbons (Fsp3) is 0.590.